The number of piperidine rings is 1. The van der Waals surface area contributed by atoms with Gasteiger partial charge in [0.1, 0.15) is 6.10 Å². The highest BCUT2D eigenvalue weighted by atomic mass is 16.7. The van der Waals surface area contributed by atoms with Crippen LogP contribution in [0.1, 0.15) is 91.4 Å². The third-order valence-electron chi connectivity index (χ3n) is 13.4. The summed E-state index contributed by atoms with van der Waals surface area (Å²) < 4.78 is 18.2. The van der Waals surface area contributed by atoms with Gasteiger partial charge in [0, 0.05) is 44.9 Å². The first-order chi connectivity index (χ1) is 18.7. The van der Waals surface area contributed by atoms with Crippen LogP contribution in [0.15, 0.2) is 0 Å². The van der Waals surface area contributed by atoms with Crippen LogP contribution in [0.25, 0.3) is 0 Å². The Balaban J connectivity index is 1.12. The van der Waals surface area contributed by atoms with Gasteiger partial charge >= 0.3 is 5.97 Å². The van der Waals surface area contributed by atoms with E-state index in [0.717, 1.165) is 45.2 Å². The molecule has 1 N–H and O–H groups in total. The average molecular weight is 545 g/mol. The van der Waals surface area contributed by atoms with Gasteiger partial charge in [-0.15, -0.1) is 0 Å². The maximum atomic E-state index is 12.2. The van der Waals surface area contributed by atoms with Crippen molar-refractivity contribution in [3.05, 3.63) is 0 Å². The summed E-state index contributed by atoms with van der Waals surface area (Å²) in [6.45, 7) is 12.3. The highest BCUT2D eigenvalue weighted by Crippen LogP contribution is 2.67. The highest BCUT2D eigenvalue weighted by molar-refractivity contribution is 5.66. The van der Waals surface area contributed by atoms with E-state index in [2.05, 4.69) is 23.6 Å². The maximum absolute atomic E-state index is 12.2. The average Bonchev–Trinajstić information content (AvgIpc) is 3.65. The molecule has 10 atom stereocenters. The first-order valence-corrected chi connectivity index (χ1v) is 16.3. The molecule has 4 saturated carbocycles. The summed E-state index contributed by atoms with van der Waals surface area (Å²) in [5, 5.41) is 11.7. The number of likely N-dealkylation sites (tertiary alicyclic amines) is 2. The molecule has 3 aliphatic heterocycles. The van der Waals surface area contributed by atoms with Crippen LogP contribution in [0, 0.1) is 34.5 Å². The molecule has 0 aromatic carbocycles. The number of aliphatic hydroxyl groups is 1. The van der Waals surface area contributed by atoms with Gasteiger partial charge in [-0.3, -0.25) is 14.6 Å². The smallest absolute Gasteiger partial charge is 0.302 e. The number of aliphatic hydroxyl groups excluding tert-OH is 1. The number of ether oxygens (including phenoxy) is 3. The predicted molar refractivity (Wildman–Crippen MR) is 148 cm³/mol. The van der Waals surface area contributed by atoms with Crippen LogP contribution in [0.4, 0.5) is 0 Å². The Hall–Kier alpha value is -0.730. The van der Waals surface area contributed by atoms with Crippen LogP contribution in [-0.2, 0) is 19.0 Å². The molecule has 0 unspecified atom stereocenters. The van der Waals surface area contributed by atoms with E-state index < -0.39 is 0 Å². The molecule has 7 fully saturated rings. The van der Waals surface area contributed by atoms with Crippen LogP contribution >= 0.6 is 0 Å². The van der Waals surface area contributed by atoms with Crippen molar-refractivity contribution in [1.82, 2.24) is 9.80 Å². The van der Waals surface area contributed by atoms with Gasteiger partial charge in [0.05, 0.1) is 19.3 Å². The van der Waals surface area contributed by atoms with E-state index in [9.17, 15) is 9.90 Å². The van der Waals surface area contributed by atoms with Crippen molar-refractivity contribution in [3.63, 3.8) is 0 Å². The van der Waals surface area contributed by atoms with Gasteiger partial charge in [0.25, 0.3) is 0 Å². The third kappa shape index (κ3) is 4.35. The van der Waals surface area contributed by atoms with Crippen molar-refractivity contribution in [3.8, 4) is 0 Å². The molecule has 1 spiro atoms. The van der Waals surface area contributed by atoms with Crippen LogP contribution in [0.3, 0.4) is 0 Å². The minimum Gasteiger partial charge on any atom is -0.461 e. The molecule has 0 aromatic rings. The van der Waals surface area contributed by atoms with Gasteiger partial charge < -0.3 is 19.3 Å². The van der Waals surface area contributed by atoms with E-state index in [-0.39, 0.29) is 40.8 Å². The third-order valence-corrected chi connectivity index (χ3v) is 13.4. The molecule has 0 bridgehead atoms. The topological polar surface area (TPSA) is 71.5 Å². The zero-order valence-corrected chi connectivity index (χ0v) is 24.6. The van der Waals surface area contributed by atoms with Gasteiger partial charge in [-0.1, -0.05) is 13.8 Å². The fraction of sp³-hybridized carbons (Fsp3) is 0.969. The zero-order valence-electron chi connectivity index (χ0n) is 24.6. The van der Waals surface area contributed by atoms with Gasteiger partial charge in [-0.25, -0.2) is 0 Å². The normalized spacial score (nSPS) is 49.9. The van der Waals surface area contributed by atoms with Crippen molar-refractivity contribution in [2.24, 2.45) is 34.5 Å². The molecular formula is C32H52N2O5. The number of hydrogen-bond acceptors (Lipinski definition) is 7. The molecule has 0 amide bonds. The monoisotopic (exact) mass is 544 g/mol. The lowest BCUT2D eigenvalue weighted by atomic mass is 9.44. The minimum atomic E-state index is -0.381. The van der Waals surface area contributed by atoms with Crippen molar-refractivity contribution < 1.29 is 24.1 Å². The predicted octanol–water partition coefficient (Wildman–Crippen LogP) is 4.21. The zero-order chi connectivity index (χ0) is 27.0. The lowest BCUT2D eigenvalue weighted by molar-refractivity contribution is -0.204. The molecule has 3 saturated heterocycles. The first kappa shape index (κ1) is 27.1. The summed E-state index contributed by atoms with van der Waals surface area (Å²) in [5.41, 5.74) is 0.326. The lowest BCUT2D eigenvalue weighted by Crippen LogP contribution is -2.62. The summed E-state index contributed by atoms with van der Waals surface area (Å²) >= 11 is 0. The number of nitrogens with zero attached hydrogens (tertiary/aromatic N) is 2. The maximum Gasteiger partial charge on any atom is 0.302 e. The van der Waals surface area contributed by atoms with Crippen molar-refractivity contribution in [1.29, 1.82) is 0 Å². The lowest BCUT2D eigenvalue weighted by Gasteiger charge is -2.62. The summed E-state index contributed by atoms with van der Waals surface area (Å²) in [5.74, 6) is 2.14. The summed E-state index contributed by atoms with van der Waals surface area (Å²) in [7, 11) is 0. The summed E-state index contributed by atoms with van der Waals surface area (Å²) in [6.07, 6.45) is 12.4. The molecule has 3 heterocycles. The molecule has 7 nitrogen and oxygen atoms in total. The van der Waals surface area contributed by atoms with Gasteiger partial charge in [0.15, 0.2) is 5.79 Å². The molecule has 7 rings (SSSR count). The molecule has 4 aliphatic carbocycles. The van der Waals surface area contributed by atoms with E-state index >= 15 is 0 Å². The quantitative estimate of drug-likeness (QED) is 0.534. The Morgan fingerprint density at radius 2 is 1.54 bits per heavy atom. The Kier molecular flexibility index (Phi) is 6.91. The van der Waals surface area contributed by atoms with Gasteiger partial charge in [0.2, 0.25) is 0 Å². The second-order valence-corrected chi connectivity index (χ2v) is 15.0. The van der Waals surface area contributed by atoms with Crippen LogP contribution in [0.2, 0.25) is 0 Å². The molecular weight excluding hydrogens is 492 g/mol. The number of carbonyl (C=O) groups is 1. The van der Waals surface area contributed by atoms with Crippen LogP contribution < -0.4 is 0 Å². The molecule has 7 aliphatic rings. The fourth-order valence-electron chi connectivity index (χ4n) is 11.4. The van der Waals surface area contributed by atoms with E-state index in [1.165, 1.54) is 51.6 Å². The molecule has 220 valence electrons. The SMILES string of the molecule is CC(=O)O[C@H]1C[C@@H]2CC[C@@H]3[C@H](CC[C@]4(C)[C@@H](O)[C@@H](N5CCCC5)C[C@@H]34)[C@@]2(C)C[C@@H]1N1CCC2(CC1)OCCO2. The molecule has 0 radical (unpaired) electrons. The Bertz CT molecular complexity index is 924. The Morgan fingerprint density at radius 1 is 0.846 bits per heavy atom. The van der Waals surface area contributed by atoms with Crippen molar-refractivity contribution >= 4 is 5.97 Å². The molecule has 0 aromatic heterocycles. The summed E-state index contributed by atoms with van der Waals surface area (Å²) in [4.78, 5) is 17.5. The van der Waals surface area contributed by atoms with Crippen molar-refractivity contribution in [2.75, 3.05) is 39.4 Å². The highest BCUT2D eigenvalue weighted by Gasteiger charge is 2.64. The number of hydrogen-bond donors (Lipinski definition) is 1. The molecule has 7 heteroatoms. The minimum absolute atomic E-state index is 0.0155. The fourth-order valence-corrected chi connectivity index (χ4v) is 11.4. The van der Waals surface area contributed by atoms with Crippen LogP contribution in [0.5, 0.6) is 0 Å². The van der Waals surface area contributed by atoms with E-state index in [4.69, 9.17) is 14.2 Å². The first-order valence-electron chi connectivity index (χ1n) is 16.3. The largest absolute Gasteiger partial charge is 0.461 e. The molecule has 39 heavy (non-hydrogen) atoms. The van der Waals surface area contributed by atoms with E-state index in [1.807, 2.05) is 0 Å². The van der Waals surface area contributed by atoms with Gasteiger partial charge in [-0.05, 0) is 105 Å². The Labute approximate surface area is 235 Å². The number of fused-ring (bicyclic) bond motifs is 5. The van der Waals surface area contributed by atoms with Gasteiger partial charge in [-0.2, -0.15) is 0 Å². The number of carbonyl (C=O) groups excluding carboxylic acids is 1. The second-order valence-electron chi connectivity index (χ2n) is 15.0. The van der Waals surface area contributed by atoms with Crippen molar-refractivity contribution in [2.45, 2.75) is 121 Å². The van der Waals surface area contributed by atoms with E-state index in [1.54, 1.807) is 6.92 Å². The Morgan fingerprint density at radius 3 is 2.23 bits per heavy atom. The summed E-state index contributed by atoms with van der Waals surface area (Å²) in [6, 6.07) is 0.632. The number of esters is 1. The number of rotatable bonds is 3. The van der Waals surface area contributed by atoms with E-state index in [0.29, 0.717) is 42.9 Å². The standard InChI is InChI=1S/C32H52N2O5/c1-21(35)39-28-18-22-6-7-23-24(8-9-30(2)25(23)19-26(29(30)36)33-12-4-5-13-33)31(22,3)20-27(28)34-14-10-32(11-15-34)37-16-17-38-32/h22-29,36H,4-20H2,1-3H3/t22-,23+,24-,25-,26-,27-,28-,29-,30-,31-/m0/s1. The second kappa shape index (κ2) is 9.93. The van der Waals surface area contributed by atoms with Crippen LogP contribution in [-0.4, -0.2) is 90.3 Å².